The molecule has 5 heteroatoms. The van der Waals surface area contributed by atoms with Gasteiger partial charge in [0.15, 0.2) is 0 Å². The number of esters is 1. The summed E-state index contributed by atoms with van der Waals surface area (Å²) in [6.45, 7) is 8.10. The highest BCUT2D eigenvalue weighted by atomic mass is 32.1. The Morgan fingerprint density at radius 2 is 1.96 bits per heavy atom. The molecule has 0 spiro atoms. The first-order valence-electron chi connectivity index (χ1n) is 8.04. The molecular formula is C19H27NO3S. The van der Waals surface area contributed by atoms with Crippen LogP contribution in [0, 0.1) is 23.2 Å². The van der Waals surface area contributed by atoms with Crippen LogP contribution in [0.5, 0.6) is 0 Å². The summed E-state index contributed by atoms with van der Waals surface area (Å²) in [6.07, 6.45) is 1.24. The number of amides is 1. The van der Waals surface area contributed by atoms with E-state index in [1.165, 1.54) is 18.4 Å². The molecular weight excluding hydrogens is 322 g/mol. The number of nitrogens with zero attached hydrogens (tertiary/aromatic N) is 1. The average molecular weight is 349 g/mol. The number of hydrogen-bond donors (Lipinski definition) is 0. The second kappa shape index (κ2) is 8.34. The van der Waals surface area contributed by atoms with Crippen molar-refractivity contribution in [1.29, 1.82) is 0 Å². The van der Waals surface area contributed by atoms with E-state index in [0.717, 1.165) is 16.9 Å². The number of carbonyl (C=O) groups is 2. The number of carbonyl (C=O) groups excluding carboxylic acids is 2. The minimum Gasteiger partial charge on any atom is -0.465 e. The van der Waals surface area contributed by atoms with E-state index < -0.39 is 0 Å². The van der Waals surface area contributed by atoms with Gasteiger partial charge in [0, 0.05) is 25.4 Å². The van der Waals surface area contributed by atoms with Crippen LogP contribution in [0.25, 0.3) is 0 Å². The van der Waals surface area contributed by atoms with Crippen LogP contribution in [0.15, 0.2) is 6.07 Å². The van der Waals surface area contributed by atoms with E-state index in [0.29, 0.717) is 11.3 Å². The van der Waals surface area contributed by atoms with Crippen LogP contribution in [-0.4, -0.2) is 38.0 Å². The fourth-order valence-corrected chi connectivity index (χ4v) is 3.16. The Hall–Kier alpha value is -1.80. The Morgan fingerprint density at radius 1 is 1.33 bits per heavy atom. The van der Waals surface area contributed by atoms with Gasteiger partial charge in [0.25, 0.3) is 0 Å². The van der Waals surface area contributed by atoms with Crippen molar-refractivity contribution in [3.63, 3.8) is 0 Å². The summed E-state index contributed by atoms with van der Waals surface area (Å²) in [4.78, 5) is 27.3. The summed E-state index contributed by atoms with van der Waals surface area (Å²) in [6, 6.07) is 1.92. The molecule has 1 rings (SSSR count). The van der Waals surface area contributed by atoms with Crippen molar-refractivity contribution in [3.8, 4) is 11.8 Å². The molecule has 0 saturated heterocycles. The predicted molar refractivity (Wildman–Crippen MR) is 98.2 cm³/mol. The zero-order valence-corrected chi connectivity index (χ0v) is 16.5. The second-order valence-electron chi connectivity index (χ2n) is 7.00. The molecule has 0 N–H and O–H groups in total. The predicted octanol–water partition coefficient (Wildman–Crippen LogP) is 3.59. The highest BCUT2D eigenvalue weighted by molar-refractivity contribution is 7.14. The number of hydrogen-bond acceptors (Lipinski definition) is 4. The van der Waals surface area contributed by atoms with Gasteiger partial charge in [0.1, 0.15) is 4.88 Å². The Labute approximate surface area is 149 Å². The monoisotopic (exact) mass is 349 g/mol. The molecule has 1 aromatic rings. The fourth-order valence-electron chi connectivity index (χ4n) is 2.19. The maximum Gasteiger partial charge on any atom is 0.348 e. The molecule has 1 atom stereocenters. The second-order valence-corrected chi connectivity index (χ2v) is 8.05. The molecule has 0 radical (unpaired) electrons. The van der Waals surface area contributed by atoms with Gasteiger partial charge in [0.05, 0.1) is 12.0 Å². The normalized spacial score (nSPS) is 12.1. The molecule has 4 nitrogen and oxygen atoms in total. The number of ether oxygens (including phenoxy) is 1. The van der Waals surface area contributed by atoms with Crippen LogP contribution in [0.3, 0.4) is 0 Å². The lowest BCUT2D eigenvalue weighted by Gasteiger charge is -2.19. The lowest BCUT2D eigenvalue weighted by Crippen LogP contribution is -2.30. The third-order valence-electron chi connectivity index (χ3n) is 3.49. The molecule has 0 aliphatic carbocycles. The van der Waals surface area contributed by atoms with Crippen molar-refractivity contribution < 1.29 is 14.3 Å². The van der Waals surface area contributed by atoms with Crippen LogP contribution >= 0.6 is 11.3 Å². The lowest BCUT2D eigenvalue weighted by atomic mass is 9.95. The average Bonchev–Trinajstić information content (AvgIpc) is 2.91. The minimum atomic E-state index is -0.369. The van der Waals surface area contributed by atoms with Gasteiger partial charge in [-0.1, -0.05) is 18.8 Å². The SMILES string of the molecule is CC[C@H](Cc1cc(C#CC(C)(C)C)sc1C(=O)OC)C(=O)N(C)C. The van der Waals surface area contributed by atoms with E-state index in [1.807, 2.05) is 33.8 Å². The fraction of sp³-hybridized carbons (Fsp3) is 0.579. The van der Waals surface area contributed by atoms with Gasteiger partial charge < -0.3 is 9.64 Å². The molecule has 24 heavy (non-hydrogen) atoms. The van der Waals surface area contributed by atoms with Crippen LogP contribution in [0.2, 0.25) is 0 Å². The van der Waals surface area contributed by atoms with Gasteiger partial charge >= 0.3 is 5.97 Å². The van der Waals surface area contributed by atoms with Crippen molar-refractivity contribution in [1.82, 2.24) is 4.90 Å². The van der Waals surface area contributed by atoms with E-state index in [-0.39, 0.29) is 23.2 Å². The van der Waals surface area contributed by atoms with Crippen LogP contribution < -0.4 is 0 Å². The molecule has 0 unspecified atom stereocenters. The Kier molecular flexibility index (Phi) is 7.04. The molecule has 0 bridgehead atoms. The highest BCUT2D eigenvalue weighted by Crippen LogP contribution is 2.27. The van der Waals surface area contributed by atoms with E-state index in [9.17, 15) is 9.59 Å². The molecule has 0 aliphatic rings. The molecule has 1 heterocycles. The smallest absolute Gasteiger partial charge is 0.348 e. The lowest BCUT2D eigenvalue weighted by molar-refractivity contribution is -0.133. The van der Waals surface area contributed by atoms with Crippen molar-refractivity contribution in [2.24, 2.45) is 11.3 Å². The quantitative estimate of drug-likeness (QED) is 0.603. The zero-order valence-electron chi connectivity index (χ0n) is 15.6. The molecule has 0 fully saturated rings. The first kappa shape index (κ1) is 20.2. The summed E-state index contributed by atoms with van der Waals surface area (Å²) in [5.41, 5.74) is 0.731. The Balaban J connectivity index is 3.19. The van der Waals surface area contributed by atoms with Gasteiger partial charge in [0.2, 0.25) is 5.91 Å². The van der Waals surface area contributed by atoms with Gasteiger partial charge in [-0.05, 0) is 45.2 Å². The van der Waals surface area contributed by atoms with Crippen LogP contribution in [-0.2, 0) is 16.0 Å². The van der Waals surface area contributed by atoms with Gasteiger partial charge in [-0.15, -0.1) is 11.3 Å². The van der Waals surface area contributed by atoms with Gasteiger partial charge in [-0.2, -0.15) is 0 Å². The third kappa shape index (κ3) is 5.68. The molecule has 132 valence electrons. The number of rotatable bonds is 5. The summed E-state index contributed by atoms with van der Waals surface area (Å²) in [5, 5.41) is 0. The van der Waals surface area contributed by atoms with E-state index >= 15 is 0 Å². The van der Waals surface area contributed by atoms with Crippen molar-refractivity contribution in [2.45, 2.75) is 40.5 Å². The first-order valence-corrected chi connectivity index (χ1v) is 8.86. The third-order valence-corrected chi connectivity index (χ3v) is 4.56. The van der Waals surface area contributed by atoms with Crippen molar-refractivity contribution in [2.75, 3.05) is 21.2 Å². The summed E-state index contributed by atoms with van der Waals surface area (Å²) < 4.78 is 4.89. The molecule has 0 aromatic carbocycles. The molecule has 0 saturated carbocycles. The zero-order chi connectivity index (χ0) is 18.5. The number of thiophene rings is 1. The minimum absolute atomic E-state index is 0.0711. The summed E-state index contributed by atoms with van der Waals surface area (Å²) in [5.74, 6) is 5.86. The van der Waals surface area contributed by atoms with E-state index in [1.54, 1.807) is 19.0 Å². The van der Waals surface area contributed by atoms with Crippen molar-refractivity contribution in [3.05, 3.63) is 21.4 Å². The molecule has 0 aliphatic heterocycles. The van der Waals surface area contributed by atoms with Gasteiger partial charge in [-0.25, -0.2) is 4.79 Å². The molecule has 1 amide bonds. The largest absolute Gasteiger partial charge is 0.465 e. The summed E-state index contributed by atoms with van der Waals surface area (Å²) >= 11 is 1.33. The molecule has 1 aromatic heterocycles. The topological polar surface area (TPSA) is 46.6 Å². The highest BCUT2D eigenvalue weighted by Gasteiger charge is 2.24. The van der Waals surface area contributed by atoms with Crippen molar-refractivity contribution >= 4 is 23.2 Å². The first-order chi connectivity index (χ1) is 11.1. The van der Waals surface area contributed by atoms with E-state index in [2.05, 4.69) is 11.8 Å². The maximum absolute atomic E-state index is 12.3. The Bertz CT molecular complexity index is 656. The van der Waals surface area contributed by atoms with E-state index in [4.69, 9.17) is 4.74 Å². The standard InChI is InChI=1S/C19H27NO3S/c1-8-13(17(21)20(5)6)11-14-12-15(9-10-19(2,3)4)24-16(14)18(22)23-7/h12-13H,8,11H2,1-7H3/t13-/m1/s1. The van der Waals surface area contributed by atoms with Crippen LogP contribution in [0.1, 0.15) is 54.2 Å². The Morgan fingerprint density at radius 3 is 2.42 bits per heavy atom. The summed E-state index contributed by atoms with van der Waals surface area (Å²) in [7, 11) is 4.87. The maximum atomic E-state index is 12.3. The van der Waals surface area contributed by atoms with Crippen LogP contribution in [0.4, 0.5) is 0 Å². The van der Waals surface area contributed by atoms with Gasteiger partial charge in [-0.3, -0.25) is 4.79 Å². The number of methoxy groups -OCH3 is 1.